The van der Waals surface area contributed by atoms with E-state index in [1.807, 2.05) is 34.9 Å². The van der Waals surface area contributed by atoms with Crippen LogP contribution in [0.15, 0.2) is 48.9 Å². The molecule has 3 heterocycles. The van der Waals surface area contributed by atoms with Crippen LogP contribution < -0.4 is 0 Å². The number of H-pyrrole nitrogens is 1. The van der Waals surface area contributed by atoms with E-state index in [2.05, 4.69) is 39.4 Å². The van der Waals surface area contributed by atoms with E-state index in [1.165, 1.54) is 16.8 Å². The zero-order valence-electron chi connectivity index (χ0n) is 16.3. The Morgan fingerprint density at radius 2 is 2.14 bits per heavy atom. The maximum absolute atomic E-state index is 12.8. The van der Waals surface area contributed by atoms with Crippen LogP contribution in [0.5, 0.6) is 0 Å². The highest BCUT2D eigenvalue weighted by Crippen LogP contribution is 2.29. The third kappa shape index (κ3) is 4.16. The van der Waals surface area contributed by atoms with Crippen molar-refractivity contribution in [2.75, 3.05) is 13.1 Å². The fourth-order valence-corrected chi connectivity index (χ4v) is 4.08. The molecule has 1 aromatic carbocycles. The first-order chi connectivity index (χ1) is 13.7. The summed E-state index contributed by atoms with van der Waals surface area (Å²) in [6.07, 6.45) is 9.16. The molecule has 0 radical (unpaired) electrons. The number of hydrogen-bond donors (Lipinski definition) is 1. The minimum absolute atomic E-state index is 0.224. The highest BCUT2D eigenvalue weighted by Gasteiger charge is 2.27. The molecular weight excluding hydrogens is 350 g/mol. The number of aromatic amines is 1. The molecule has 0 bridgehead atoms. The fraction of sp³-hybridized carbons (Fsp3) is 0.409. The van der Waals surface area contributed by atoms with Crippen LogP contribution in [0.3, 0.4) is 0 Å². The predicted molar refractivity (Wildman–Crippen MR) is 108 cm³/mol. The van der Waals surface area contributed by atoms with Crippen molar-refractivity contribution in [3.63, 3.8) is 0 Å². The van der Waals surface area contributed by atoms with Gasteiger partial charge in [0.05, 0.1) is 6.20 Å². The number of hydrogen-bond acceptors (Lipinski definition) is 3. The van der Waals surface area contributed by atoms with Crippen molar-refractivity contribution in [1.82, 2.24) is 24.6 Å². The third-order valence-electron chi connectivity index (χ3n) is 5.66. The van der Waals surface area contributed by atoms with Crippen LogP contribution in [-0.2, 0) is 17.8 Å². The van der Waals surface area contributed by atoms with Crippen molar-refractivity contribution < 1.29 is 4.79 Å². The second-order valence-electron chi connectivity index (χ2n) is 7.57. The summed E-state index contributed by atoms with van der Waals surface area (Å²) in [6.45, 7) is 4.27. The number of carbonyl (C=O) groups is 1. The van der Waals surface area contributed by atoms with Crippen LogP contribution in [0, 0.1) is 6.92 Å². The first-order valence-corrected chi connectivity index (χ1v) is 10.0. The Balaban J connectivity index is 1.39. The van der Waals surface area contributed by atoms with Crippen LogP contribution in [0.2, 0.25) is 0 Å². The van der Waals surface area contributed by atoms with Gasteiger partial charge in [0.15, 0.2) is 0 Å². The number of rotatable bonds is 6. The minimum Gasteiger partial charge on any atom is -0.342 e. The fourth-order valence-electron chi connectivity index (χ4n) is 4.08. The number of imidazole rings is 1. The Kier molecular flexibility index (Phi) is 5.55. The van der Waals surface area contributed by atoms with Gasteiger partial charge in [-0.3, -0.25) is 9.89 Å². The van der Waals surface area contributed by atoms with Gasteiger partial charge < -0.3 is 9.47 Å². The maximum atomic E-state index is 12.8. The summed E-state index contributed by atoms with van der Waals surface area (Å²) in [5.41, 5.74) is 3.70. The van der Waals surface area contributed by atoms with E-state index in [0.717, 1.165) is 38.2 Å². The van der Waals surface area contributed by atoms with E-state index < -0.39 is 0 Å². The van der Waals surface area contributed by atoms with Gasteiger partial charge in [-0.05, 0) is 30.9 Å². The molecule has 0 unspecified atom stereocenters. The number of aromatic nitrogens is 4. The van der Waals surface area contributed by atoms with Crippen LogP contribution in [0.25, 0.3) is 0 Å². The lowest BCUT2D eigenvalue weighted by Crippen LogP contribution is -2.39. The maximum Gasteiger partial charge on any atom is 0.224 e. The Hall–Kier alpha value is -2.89. The van der Waals surface area contributed by atoms with Crippen LogP contribution in [-0.4, -0.2) is 43.6 Å². The van der Waals surface area contributed by atoms with E-state index in [4.69, 9.17) is 0 Å². The van der Waals surface area contributed by atoms with E-state index in [1.54, 1.807) is 6.20 Å². The van der Waals surface area contributed by atoms with Gasteiger partial charge in [-0.2, -0.15) is 5.10 Å². The summed E-state index contributed by atoms with van der Waals surface area (Å²) in [5, 5.41) is 7.52. The third-order valence-corrected chi connectivity index (χ3v) is 5.66. The molecule has 0 aliphatic carbocycles. The summed E-state index contributed by atoms with van der Waals surface area (Å²) in [4.78, 5) is 19.0. The van der Waals surface area contributed by atoms with Crippen LogP contribution in [0.1, 0.15) is 47.8 Å². The molecule has 1 fully saturated rings. The van der Waals surface area contributed by atoms with Crippen molar-refractivity contribution in [2.45, 2.75) is 45.1 Å². The lowest BCUT2D eigenvalue weighted by Gasteiger charge is -2.33. The standard InChI is InChI=1S/C22H27N5O/c1-17-23-10-13-26(17)12-9-21(28)27-11-5-8-19(16-27)22-20(15-24-25-22)14-18-6-3-2-4-7-18/h2-4,6-7,10,13,15,19H,5,8-9,11-12,14,16H2,1H3,(H,24,25)/t19-/m1/s1. The molecule has 0 spiro atoms. The van der Waals surface area contributed by atoms with E-state index in [9.17, 15) is 4.79 Å². The molecule has 0 saturated carbocycles. The van der Waals surface area contributed by atoms with Crippen molar-refractivity contribution in [2.24, 2.45) is 0 Å². The molecule has 1 N–H and O–H groups in total. The molecule has 6 nitrogen and oxygen atoms in total. The highest BCUT2D eigenvalue weighted by molar-refractivity contribution is 5.76. The van der Waals surface area contributed by atoms with Crippen molar-refractivity contribution in [3.05, 3.63) is 71.6 Å². The van der Waals surface area contributed by atoms with Gasteiger partial charge in [0, 0.05) is 56.5 Å². The quantitative estimate of drug-likeness (QED) is 0.717. The molecule has 2 aromatic heterocycles. The summed E-state index contributed by atoms with van der Waals surface area (Å²) < 4.78 is 2.03. The van der Waals surface area contributed by atoms with Crippen molar-refractivity contribution >= 4 is 5.91 Å². The van der Waals surface area contributed by atoms with Crippen molar-refractivity contribution in [1.29, 1.82) is 0 Å². The minimum atomic E-state index is 0.224. The summed E-state index contributed by atoms with van der Waals surface area (Å²) in [6, 6.07) is 10.5. The molecule has 28 heavy (non-hydrogen) atoms. The Bertz CT molecular complexity index is 914. The topological polar surface area (TPSA) is 66.8 Å². The zero-order chi connectivity index (χ0) is 19.3. The normalized spacial score (nSPS) is 17.0. The number of nitrogens with one attached hydrogen (secondary N) is 1. The largest absolute Gasteiger partial charge is 0.342 e. The molecule has 6 heteroatoms. The lowest BCUT2D eigenvalue weighted by atomic mass is 9.90. The van der Waals surface area contributed by atoms with Crippen molar-refractivity contribution in [3.8, 4) is 0 Å². The van der Waals surface area contributed by atoms with E-state index >= 15 is 0 Å². The predicted octanol–water partition coefficient (Wildman–Crippen LogP) is 3.30. The summed E-state index contributed by atoms with van der Waals surface area (Å²) in [7, 11) is 0. The molecule has 1 saturated heterocycles. The first-order valence-electron chi connectivity index (χ1n) is 10.0. The Morgan fingerprint density at radius 1 is 1.29 bits per heavy atom. The SMILES string of the molecule is Cc1nccn1CCC(=O)N1CCC[C@@H](c2[nH]ncc2Cc2ccccc2)C1. The monoisotopic (exact) mass is 377 g/mol. The molecule has 3 aromatic rings. The van der Waals surface area contributed by atoms with Gasteiger partial charge in [-0.15, -0.1) is 0 Å². The zero-order valence-corrected chi connectivity index (χ0v) is 16.3. The molecule has 1 atom stereocenters. The lowest BCUT2D eigenvalue weighted by molar-refractivity contribution is -0.132. The number of aryl methyl sites for hydroxylation is 2. The number of amides is 1. The van der Waals surface area contributed by atoms with Gasteiger partial charge in [-0.1, -0.05) is 30.3 Å². The molecule has 1 aliphatic heterocycles. The van der Waals surface area contributed by atoms with Gasteiger partial charge in [0.1, 0.15) is 5.82 Å². The number of carbonyl (C=O) groups excluding carboxylic acids is 1. The average Bonchev–Trinajstić information content (AvgIpc) is 3.36. The Morgan fingerprint density at radius 3 is 2.93 bits per heavy atom. The summed E-state index contributed by atoms with van der Waals surface area (Å²) >= 11 is 0. The van der Waals surface area contributed by atoms with E-state index in [-0.39, 0.29) is 5.91 Å². The smallest absolute Gasteiger partial charge is 0.224 e. The first kappa shape index (κ1) is 18.5. The van der Waals surface area contributed by atoms with Gasteiger partial charge >= 0.3 is 0 Å². The molecular formula is C22H27N5O. The second kappa shape index (κ2) is 8.42. The molecule has 1 amide bonds. The number of nitrogens with zero attached hydrogens (tertiary/aromatic N) is 4. The average molecular weight is 377 g/mol. The Labute approximate surface area is 165 Å². The van der Waals surface area contributed by atoms with Gasteiger partial charge in [0.25, 0.3) is 0 Å². The molecule has 4 rings (SSSR count). The summed E-state index contributed by atoms with van der Waals surface area (Å²) in [5.74, 6) is 1.50. The van der Waals surface area contributed by atoms with E-state index in [0.29, 0.717) is 18.9 Å². The number of piperidine rings is 1. The van der Waals surface area contributed by atoms with Gasteiger partial charge in [0.2, 0.25) is 5.91 Å². The number of likely N-dealkylation sites (tertiary alicyclic amines) is 1. The van der Waals surface area contributed by atoms with Crippen LogP contribution in [0.4, 0.5) is 0 Å². The highest BCUT2D eigenvalue weighted by atomic mass is 16.2. The second-order valence-corrected chi connectivity index (χ2v) is 7.57. The van der Waals surface area contributed by atoms with Gasteiger partial charge in [-0.25, -0.2) is 4.98 Å². The molecule has 146 valence electrons. The molecule has 1 aliphatic rings. The van der Waals surface area contributed by atoms with Crippen LogP contribution >= 0.6 is 0 Å². The number of benzene rings is 1.